The number of aromatic nitrogens is 1. The topological polar surface area (TPSA) is 71.8 Å². The number of pyridine rings is 1. The molecule has 1 heterocycles. The number of nitriles is 1. The first-order chi connectivity index (χ1) is 8.11. The van der Waals surface area contributed by atoms with E-state index in [1.54, 1.807) is 0 Å². The van der Waals surface area contributed by atoms with Crippen molar-refractivity contribution in [2.75, 3.05) is 5.73 Å². The van der Waals surface area contributed by atoms with Crippen LogP contribution in [0.1, 0.15) is 11.1 Å². The largest absolute Gasteiger partial charge is 0.397 e. The molecule has 0 aliphatic carbocycles. The summed E-state index contributed by atoms with van der Waals surface area (Å²) in [6.45, 7) is 1.96. The van der Waals surface area contributed by atoms with Crippen LogP contribution in [-0.2, 0) is 0 Å². The molecular formula is C13H11N3O. The van der Waals surface area contributed by atoms with Gasteiger partial charge in [-0.2, -0.15) is 5.26 Å². The first-order valence-corrected chi connectivity index (χ1v) is 5.11. The monoisotopic (exact) mass is 225 g/mol. The van der Waals surface area contributed by atoms with Crippen LogP contribution < -0.4 is 11.3 Å². The van der Waals surface area contributed by atoms with Gasteiger partial charge in [0, 0.05) is 17.6 Å². The number of hydrogen-bond donors (Lipinski definition) is 1. The van der Waals surface area contributed by atoms with Crippen LogP contribution >= 0.6 is 0 Å². The zero-order valence-corrected chi connectivity index (χ0v) is 9.34. The minimum atomic E-state index is -0.356. The van der Waals surface area contributed by atoms with Gasteiger partial charge in [0.2, 0.25) is 0 Å². The summed E-state index contributed by atoms with van der Waals surface area (Å²) in [5, 5.41) is 8.84. The van der Waals surface area contributed by atoms with Gasteiger partial charge in [0.15, 0.2) is 0 Å². The number of nitrogens with two attached hydrogens (primary N) is 1. The smallest absolute Gasteiger partial charge is 0.273 e. The summed E-state index contributed by atoms with van der Waals surface area (Å²) >= 11 is 0. The van der Waals surface area contributed by atoms with Crippen molar-refractivity contribution in [3.8, 4) is 11.8 Å². The summed E-state index contributed by atoms with van der Waals surface area (Å²) in [5.74, 6) is 0. The lowest BCUT2D eigenvalue weighted by Gasteiger charge is -2.07. The molecule has 0 spiro atoms. The molecule has 4 heteroatoms. The van der Waals surface area contributed by atoms with Gasteiger partial charge in [0.05, 0.1) is 0 Å². The van der Waals surface area contributed by atoms with E-state index < -0.39 is 0 Å². The molecule has 2 rings (SSSR count). The Kier molecular flexibility index (Phi) is 2.67. The second kappa shape index (κ2) is 4.14. The SMILES string of the molecule is Cc1ccc(-n2cc(N)cc(C#N)c2=O)cc1. The van der Waals surface area contributed by atoms with Gasteiger partial charge >= 0.3 is 0 Å². The second-order valence-electron chi connectivity index (χ2n) is 3.81. The van der Waals surface area contributed by atoms with Gasteiger partial charge in [0.1, 0.15) is 11.6 Å². The van der Waals surface area contributed by atoms with Crippen LogP contribution in [0.25, 0.3) is 5.69 Å². The van der Waals surface area contributed by atoms with Gasteiger partial charge in [0.25, 0.3) is 5.56 Å². The highest BCUT2D eigenvalue weighted by Gasteiger charge is 2.06. The molecule has 1 aromatic heterocycles. The fourth-order valence-corrected chi connectivity index (χ4v) is 1.58. The lowest BCUT2D eigenvalue weighted by molar-refractivity contribution is 0.984. The van der Waals surface area contributed by atoms with Crippen LogP contribution in [0.5, 0.6) is 0 Å². The zero-order valence-electron chi connectivity index (χ0n) is 9.34. The fourth-order valence-electron chi connectivity index (χ4n) is 1.58. The first-order valence-electron chi connectivity index (χ1n) is 5.11. The molecule has 1 aromatic carbocycles. The second-order valence-corrected chi connectivity index (χ2v) is 3.81. The predicted molar refractivity (Wildman–Crippen MR) is 65.9 cm³/mol. The molecular weight excluding hydrogens is 214 g/mol. The third-order valence-electron chi connectivity index (χ3n) is 2.47. The third kappa shape index (κ3) is 2.04. The average Bonchev–Trinajstić information content (AvgIpc) is 2.33. The summed E-state index contributed by atoms with van der Waals surface area (Å²) in [4.78, 5) is 11.9. The highest BCUT2D eigenvalue weighted by Crippen LogP contribution is 2.10. The molecule has 4 nitrogen and oxygen atoms in total. The molecule has 0 aliphatic heterocycles. The maximum Gasteiger partial charge on any atom is 0.273 e. The van der Waals surface area contributed by atoms with E-state index >= 15 is 0 Å². The van der Waals surface area contributed by atoms with Crippen molar-refractivity contribution in [1.29, 1.82) is 5.26 Å². The lowest BCUT2D eigenvalue weighted by atomic mass is 10.2. The van der Waals surface area contributed by atoms with Crippen LogP contribution in [0.2, 0.25) is 0 Å². The van der Waals surface area contributed by atoms with Crippen molar-refractivity contribution in [3.63, 3.8) is 0 Å². The number of hydrogen-bond acceptors (Lipinski definition) is 3. The van der Waals surface area contributed by atoms with E-state index in [1.165, 1.54) is 16.8 Å². The van der Waals surface area contributed by atoms with E-state index in [0.717, 1.165) is 5.56 Å². The molecule has 17 heavy (non-hydrogen) atoms. The maximum atomic E-state index is 11.9. The van der Waals surface area contributed by atoms with Crippen LogP contribution in [-0.4, -0.2) is 4.57 Å². The summed E-state index contributed by atoms with van der Waals surface area (Å²) in [5.41, 5.74) is 7.54. The number of benzene rings is 1. The predicted octanol–water partition coefficient (Wildman–Crippen LogP) is 1.60. The molecule has 2 N–H and O–H groups in total. The van der Waals surface area contributed by atoms with Crippen LogP contribution in [0.3, 0.4) is 0 Å². The van der Waals surface area contributed by atoms with Gasteiger partial charge in [-0.25, -0.2) is 0 Å². The van der Waals surface area contributed by atoms with E-state index in [0.29, 0.717) is 11.4 Å². The fraction of sp³-hybridized carbons (Fsp3) is 0.0769. The first kappa shape index (κ1) is 11.0. The van der Waals surface area contributed by atoms with Gasteiger partial charge < -0.3 is 5.73 Å². The van der Waals surface area contributed by atoms with Crippen LogP contribution in [0.4, 0.5) is 5.69 Å². The molecule has 0 atom stereocenters. The Bertz CT molecular complexity index is 648. The van der Waals surface area contributed by atoms with Crippen molar-refractivity contribution in [1.82, 2.24) is 4.57 Å². The molecule has 0 saturated heterocycles. The summed E-state index contributed by atoms with van der Waals surface area (Å²) < 4.78 is 1.38. The van der Waals surface area contributed by atoms with Crippen LogP contribution in [0, 0.1) is 18.3 Å². The Morgan fingerprint density at radius 2 is 1.94 bits per heavy atom. The van der Waals surface area contributed by atoms with Crippen LogP contribution in [0.15, 0.2) is 41.3 Å². The summed E-state index contributed by atoms with van der Waals surface area (Å²) in [7, 11) is 0. The Morgan fingerprint density at radius 3 is 2.53 bits per heavy atom. The normalized spacial score (nSPS) is 9.88. The van der Waals surface area contributed by atoms with Crippen molar-refractivity contribution >= 4 is 5.69 Å². The third-order valence-corrected chi connectivity index (χ3v) is 2.47. The molecule has 0 unspecified atom stereocenters. The van der Waals surface area contributed by atoms with Crippen molar-refractivity contribution < 1.29 is 0 Å². The highest BCUT2D eigenvalue weighted by atomic mass is 16.1. The molecule has 2 aromatic rings. The number of nitrogens with zero attached hydrogens (tertiary/aromatic N) is 2. The minimum Gasteiger partial charge on any atom is -0.397 e. The summed E-state index contributed by atoms with van der Waals surface area (Å²) in [6.07, 6.45) is 1.52. The Hall–Kier alpha value is -2.54. The lowest BCUT2D eigenvalue weighted by Crippen LogP contribution is -2.21. The van der Waals surface area contributed by atoms with Crippen molar-refractivity contribution in [2.45, 2.75) is 6.92 Å². The van der Waals surface area contributed by atoms with Gasteiger partial charge in [-0.3, -0.25) is 9.36 Å². The van der Waals surface area contributed by atoms with Crippen molar-refractivity contribution in [3.05, 3.63) is 58.0 Å². The molecule has 0 bridgehead atoms. The Morgan fingerprint density at radius 1 is 1.29 bits per heavy atom. The number of anilines is 1. The zero-order chi connectivity index (χ0) is 12.4. The molecule has 84 valence electrons. The number of aryl methyl sites for hydroxylation is 1. The quantitative estimate of drug-likeness (QED) is 0.801. The summed E-state index contributed by atoms with van der Waals surface area (Å²) in [6, 6.07) is 10.7. The number of rotatable bonds is 1. The molecule has 0 fully saturated rings. The molecule has 0 amide bonds. The van der Waals surface area contributed by atoms with Gasteiger partial charge in [-0.05, 0) is 25.1 Å². The minimum absolute atomic E-state index is 0.0468. The van der Waals surface area contributed by atoms with E-state index in [1.807, 2.05) is 37.3 Å². The maximum absolute atomic E-state index is 11.9. The van der Waals surface area contributed by atoms with E-state index in [-0.39, 0.29) is 11.1 Å². The van der Waals surface area contributed by atoms with Crippen molar-refractivity contribution in [2.24, 2.45) is 0 Å². The van der Waals surface area contributed by atoms with E-state index in [9.17, 15) is 4.79 Å². The van der Waals surface area contributed by atoms with Gasteiger partial charge in [-0.1, -0.05) is 17.7 Å². The average molecular weight is 225 g/mol. The Balaban J connectivity index is 2.68. The number of nitrogen functional groups attached to an aromatic ring is 1. The van der Waals surface area contributed by atoms with Gasteiger partial charge in [-0.15, -0.1) is 0 Å². The molecule has 0 aliphatic rings. The van der Waals surface area contributed by atoms with E-state index in [4.69, 9.17) is 11.0 Å². The standard InChI is InChI=1S/C13H11N3O/c1-9-2-4-12(5-3-9)16-8-11(15)6-10(7-14)13(16)17/h2-6,8H,15H2,1H3. The molecule has 0 saturated carbocycles. The van der Waals surface area contributed by atoms with E-state index in [2.05, 4.69) is 0 Å². The highest BCUT2D eigenvalue weighted by molar-refractivity contribution is 5.46. The Labute approximate surface area is 98.5 Å². The molecule has 0 radical (unpaired) electrons.